The van der Waals surface area contributed by atoms with Gasteiger partial charge in [0.25, 0.3) is 0 Å². The first-order chi connectivity index (χ1) is 25.6. The molecule has 0 spiro atoms. The van der Waals surface area contributed by atoms with Crippen molar-refractivity contribution in [2.75, 3.05) is 0 Å². The molecule has 0 aliphatic heterocycles. The van der Waals surface area contributed by atoms with Crippen molar-refractivity contribution in [3.8, 4) is 27.9 Å². The van der Waals surface area contributed by atoms with E-state index in [2.05, 4.69) is 4.98 Å². The van der Waals surface area contributed by atoms with E-state index in [1.165, 1.54) is 4.57 Å². The van der Waals surface area contributed by atoms with Crippen LogP contribution in [0, 0.1) is 0 Å². The third kappa shape index (κ3) is 3.68. The van der Waals surface area contributed by atoms with Crippen molar-refractivity contribution in [3.05, 3.63) is 145 Å². The minimum absolute atomic E-state index is 0.0205. The molecular formula is C39H28N2. The van der Waals surface area contributed by atoms with Gasteiger partial charge >= 0.3 is 0 Å². The first kappa shape index (κ1) is 13.9. The maximum atomic E-state index is 9.36. The molecule has 8 aromatic rings. The maximum Gasteiger partial charge on any atom is 0.114 e. The van der Waals surface area contributed by atoms with E-state index in [4.69, 9.17) is 12.3 Å². The molecule has 0 unspecified atom stereocenters. The Bertz CT molecular complexity index is 2810. The van der Waals surface area contributed by atoms with Gasteiger partial charge in [0, 0.05) is 18.8 Å². The Kier molecular flexibility index (Phi) is 3.21. The van der Waals surface area contributed by atoms with E-state index in [1.807, 2.05) is 36.4 Å². The molecule has 0 bridgehead atoms. The van der Waals surface area contributed by atoms with Crippen LogP contribution in [0.25, 0.3) is 71.3 Å². The van der Waals surface area contributed by atoms with Crippen LogP contribution < -0.4 is 0 Å². The summed E-state index contributed by atoms with van der Waals surface area (Å²) in [6.07, 6.45) is -2.98. The average Bonchev–Trinajstić information content (AvgIpc) is 3.56. The quantitative estimate of drug-likeness (QED) is 0.204. The van der Waals surface area contributed by atoms with Gasteiger partial charge in [-0.1, -0.05) is 122 Å². The zero-order chi connectivity index (χ0) is 38.6. The van der Waals surface area contributed by atoms with Crippen molar-refractivity contribution in [1.82, 2.24) is 9.55 Å². The number of hydrogen-bond donors (Lipinski definition) is 0. The van der Waals surface area contributed by atoms with Gasteiger partial charge in [-0.15, -0.1) is 0 Å². The van der Waals surface area contributed by atoms with Crippen molar-refractivity contribution >= 4 is 43.4 Å². The normalized spacial score (nSPS) is 16.8. The Morgan fingerprint density at radius 2 is 1.32 bits per heavy atom. The number of imidazole rings is 1. The molecule has 0 saturated carbocycles. The van der Waals surface area contributed by atoms with Gasteiger partial charge in [0.2, 0.25) is 0 Å². The average molecular weight is 538 g/mol. The predicted octanol–water partition coefficient (Wildman–Crippen LogP) is 10.4. The number of fused-ring (bicyclic) bond motifs is 4. The summed E-state index contributed by atoms with van der Waals surface area (Å²) in [6, 6.07) is 22.1. The SMILES string of the molecule is [2H]c1c([2H])c([2H])c2c(-c3ccccc3-n3c(C([2H])([2H])C([2H])([2H])[2H])nc4ccccc43)c3c([2H])c([2H])c([2H])c([2H])c3c(-c3ccc4ccccc4c3)c2c1[2H]. The lowest BCUT2D eigenvalue weighted by molar-refractivity contribution is 0.909. The van der Waals surface area contributed by atoms with E-state index >= 15 is 0 Å². The van der Waals surface area contributed by atoms with Crippen LogP contribution in [0.4, 0.5) is 0 Å². The Morgan fingerprint density at radius 3 is 2.07 bits per heavy atom. The lowest BCUT2D eigenvalue weighted by Gasteiger charge is -2.20. The van der Waals surface area contributed by atoms with Crippen LogP contribution in [0.2, 0.25) is 0 Å². The monoisotopic (exact) mass is 537 g/mol. The number of benzene rings is 7. The zero-order valence-electron chi connectivity index (χ0n) is 34.6. The summed E-state index contributed by atoms with van der Waals surface area (Å²) < 4.78 is 116. The second kappa shape index (κ2) is 9.46. The summed E-state index contributed by atoms with van der Waals surface area (Å²) in [5, 5.41) is 1.68. The highest BCUT2D eigenvalue weighted by Gasteiger charge is 2.20. The van der Waals surface area contributed by atoms with Crippen LogP contribution in [-0.4, -0.2) is 9.55 Å². The van der Waals surface area contributed by atoms with E-state index in [0.29, 0.717) is 16.6 Å². The molecule has 8 rings (SSSR count). The highest BCUT2D eigenvalue weighted by molar-refractivity contribution is 6.22. The minimum atomic E-state index is -3.15. The van der Waals surface area contributed by atoms with Gasteiger partial charge in [-0.2, -0.15) is 0 Å². The van der Waals surface area contributed by atoms with E-state index in [0.717, 1.165) is 10.8 Å². The highest BCUT2D eigenvalue weighted by Crippen LogP contribution is 2.45. The Labute approximate surface area is 257 Å². The standard InChI is InChI=1S/C39H28N2/c1-2-37-40-34-20-10-12-22-36(34)41(37)35-21-11-9-19-33(35)39-31-17-7-5-15-29(31)38(30-16-6-8-18-32(30)39)28-24-23-26-13-3-4-14-27(26)25-28/h3-25H,2H2,1H3/i1D3,2D2,5D,6D,7D,8D,15D,16D,17D,18D. The summed E-state index contributed by atoms with van der Waals surface area (Å²) in [5.74, 6) is -0.443. The van der Waals surface area contributed by atoms with Crippen LogP contribution in [0.3, 0.4) is 0 Å². The smallest absolute Gasteiger partial charge is 0.114 e. The van der Waals surface area contributed by atoms with Gasteiger partial charge in [0.1, 0.15) is 5.82 Å². The Balaban J connectivity index is 1.65. The molecule has 0 radical (unpaired) electrons. The molecule has 0 amide bonds. The van der Waals surface area contributed by atoms with Gasteiger partial charge in [0.15, 0.2) is 0 Å². The summed E-state index contributed by atoms with van der Waals surface area (Å²) in [4.78, 5) is 4.46. The van der Waals surface area contributed by atoms with E-state index < -0.39 is 67.4 Å². The molecule has 0 saturated heterocycles. The number of aromatic nitrogens is 2. The number of rotatable bonds is 4. The van der Waals surface area contributed by atoms with Gasteiger partial charge in [-0.05, 0) is 73.3 Å². The van der Waals surface area contributed by atoms with E-state index in [-0.39, 0.29) is 43.9 Å². The summed E-state index contributed by atoms with van der Waals surface area (Å²) in [6.45, 7) is -3.15. The molecule has 2 heteroatoms. The summed E-state index contributed by atoms with van der Waals surface area (Å²) in [5.41, 5.74) is 1.70. The molecule has 1 aromatic heterocycles. The van der Waals surface area contributed by atoms with Crippen molar-refractivity contribution < 1.29 is 17.8 Å². The van der Waals surface area contributed by atoms with Gasteiger partial charge in [-0.3, -0.25) is 4.57 Å². The fraction of sp³-hybridized carbons (Fsp3) is 0.0513. The van der Waals surface area contributed by atoms with E-state index in [9.17, 15) is 5.48 Å². The lowest BCUT2D eigenvalue weighted by atomic mass is 9.85. The van der Waals surface area contributed by atoms with Gasteiger partial charge in [0.05, 0.1) is 27.7 Å². The minimum Gasteiger partial charge on any atom is -0.296 e. The second-order valence-electron chi connectivity index (χ2n) is 9.71. The molecule has 0 N–H and O–H groups in total. The van der Waals surface area contributed by atoms with Crippen LogP contribution in [0.5, 0.6) is 0 Å². The van der Waals surface area contributed by atoms with Gasteiger partial charge in [-0.25, -0.2) is 4.98 Å². The molecule has 0 aliphatic carbocycles. The predicted molar refractivity (Wildman–Crippen MR) is 174 cm³/mol. The topological polar surface area (TPSA) is 17.8 Å². The number of aryl methyl sites for hydroxylation is 1. The summed E-state index contributed by atoms with van der Waals surface area (Å²) in [7, 11) is 0. The van der Waals surface area contributed by atoms with E-state index in [1.54, 1.807) is 54.6 Å². The van der Waals surface area contributed by atoms with Crippen molar-refractivity contribution in [2.45, 2.75) is 13.2 Å². The third-order valence-electron chi connectivity index (χ3n) is 7.50. The highest BCUT2D eigenvalue weighted by atomic mass is 15.1. The number of nitrogens with zero attached hydrogens (tertiary/aromatic N) is 2. The molecule has 0 atom stereocenters. The maximum absolute atomic E-state index is 9.36. The third-order valence-corrected chi connectivity index (χ3v) is 7.50. The number of hydrogen-bond acceptors (Lipinski definition) is 1. The molecular weight excluding hydrogens is 496 g/mol. The van der Waals surface area contributed by atoms with Crippen molar-refractivity contribution in [3.63, 3.8) is 0 Å². The first-order valence-electron chi connectivity index (χ1n) is 19.6. The molecule has 2 nitrogen and oxygen atoms in total. The van der Waals surface area contributed by atoms with Crippen molar-refractivity contribution in [1.29, 1.82) is 0 Å². The Hall–Kier alpha value is -5.21. The molecule has 194 valence electrons. The van der Waals surface area contributed by atoms with Crippen LogP contribution in [-0.2, 0) is 6.37 Å². The molecule has 0 fully saturated rings. The van der Waals surface area contributed by atoms with Crippen LogP contribution in [0.15, 0.2) is 139 Å². The largest absolute Gasteiger partial charge is 0.296 e. The number of para-hydroxylation sites is 3. The summed E-state index contributed by atoms with van der Waals surface area (Å²) >= 11 is 0. The zero-order valence-corrected chi connectivity index (χ0v) is 21.6. The molecule has 7 aromatic carbocycles. The molecule has 0 aliphatic rings. The second-order valence-corrected chi connectivity index (χ2v) is 9.71. The Morgan fingerprint density at radius 1 is 0.683 bits per heavy atom. The van der Waals surface area contributed by atoms with Gasteiger partial charge < -0.3 is 0 Å². The first-order valence-corrected chi connectivity index (χ1v) is 13.1. The van der Waals surface area contributed by atoms with Crippen LogP contribution >= 0.6 is 0 Å². The lowest BCUT2D eigenvalue weighted by Crippen LogP contribution is -2.03. The fourth-order valence-electron chi connectivity index (χ4n) is 5.76. The molecule has 1 heterocycles. The van der Waals surface area contributed by atoms with Crippen LogP contribution in [0.1, 0.15) is 30.5 Å². The van der Waals surface area contributed by atoms with Crippen molar-refractivity contribution in [2.24, 2.45) is 0 Å². The molecule has 41 heavy (non-hydrogen) atoms. The fourth-order valence-corrected chi connectivity index (χ4v) is 5.76.